The molecule has 26 heavy (non-hydrogen) atoms. The number of aromatic nitrogens is 2. The Balaban J connectivity index is 0.00000243. The summed E-state index contributed by atoms with van der Waals surface area (Å²) in [4.78, 5) is 31.5. The van der Waals surface area contributed by atoms with Gasteiger partial charge in [-0.1, -0.05) is 0 Å². The fourth-order valence-corrected chi connectivity index (χ4v) is 3.50. The number of anilines is 1. The SMILES string of the molecule is CNCCC1CCN(C(C)C(=O)Nc2ccc3[nH]c(=O)[nH]c3c2)CC1.Cl. The molecule has 1 aliphatic rings. The highest BCUT2D eigenvalue weighted by molar-refractivity contribution is 5.96. The Labute approximate surface area is 159 Å². The van der Waals surface area contributed by atoms with Crippen LogP contribution in [0.25, 0.3) is 11.0 Å². The maximum Gasteiger partial charge on any atom is 0.323 e. The largest absolute Gasteiger partial charge is 0.325 e. The van der Waals surface area contributed by atoms with Crippen LogP contribution in [0.2, 0.25) is 0 Å². The number of carbonyl (C=O) groups is 1. The molecule has 1 fully saturated rings. The first-order valence-corrected chi connectivity index (χ1v) is 8.98. The van der Waals surface area contributed by atoms with Gasteiger partial charge in [-0.05, 0) is 77.0 Å². The van der Waals surface area contributed by atoms with Gasteiger partial charge in [0.05, 0.1) is 17.1 Å². The molecule has 144 valence electrons. The zero-order valence-electron chi connectivity index (χ0n) is 15.3. The summed E-state index contributed by atoms with van der Waals surface area (Å²) in [5.74, 6) is 0.748. The van der Waals surface area contributed by atoms with E-state index in [2.05, 4.69) is 25.5 Å². The molecule has 8 heteroatoms. The fourth-order valence-electron chi connectivity index (χ4n) is 3.50. The maximum atomic E-state index is 12.6. The van der Waals surface area contributed by atoms with Crippen LogP contribution >= 0.6 is 12.4 Å². The Hall–Kier alpha value is -1.83. The van der Waals surface area contributed by atoms with Gasteiger partial charge in [-0.3, -0.25) is 9.69 Å². The molecule has 1 aliphatic heterocycles. The molecule has 7 nitrogen and oxygen atoms in total. The Morgan fingerprint density at radius 3 is 2.65 bits per heavy atom. The van der Waals surface area contributed by atoms with Crippen LogP contribution in [-0.2, 0) is 4.79 Å². The van der Waals surface area contributed by atoms with E-state index in [1.54, 1.807) is 18.2 Å². The average Bonchev–Trinajstić information content (AvgIpc) is 2.99. The molecule has 0 aliphatic carbocycles. The van der Waals surface area contributed by atoms with E-state index in [0.29, 0.717) is 11.2 Å². The molecule has 1 unspecified atom stereocenters. The van der Waals surface area contributed by atoms with Gasteiger partial charge in [0.15, 0.2) is 0 Å². The van der Waals surface area contributed by atoms with Crippen LogP contribution in [0.4, 0.5) is 5.69 Å². The molecule has 1 aromatic heterocycles. The predicted molar refractivity (Wildman–Crippen MR) is 107 cm³/mol. The number of hydrogen-bond donors (Lipinski definition) is 4. The molecule has 0 bridgehead atoms. The van der Waals surface area contributed by atoms with Crippen molar-refractivity contribution in [2.24, 2.45) is 5.92 Å². The lowest BCUT2D eigenvalue weighted by Gasteiger charge is -2.35. The summed E-state index contributed by atoms with van der Waals surface area (Å²) in [6.07, 6.45) is 3.51. The van der Waals surface area contributed by atoms with E-state index in [1.165, 1.54) is 6.42 Å². The van der Waals surface area contributed by atoms with E-state index >= 15 is 0 Å². The van der Waals surface area contributed by atoms with E-state index in [4.69, 9.17) is 0 Å². The van der Waals surface area contributed by atoms with Gasteiger partial charge >= 0.3 is 5.69 Å². The molecule has 0 radical (unpaired) electrons. The van der Waals surface area contributed by atoms with Crippen LogP contribution < -0.4 is 16.3 Å². The molecule has 0 saturated carbocycles. The van der Waals surface area contributed by atoms with E-state index < -0.39 is 0 Å². The van der Waals surface area contributed by atoms with Crippen LogP contribution in [0.15, 0.2) is 23.0 Å². The predicted octanol–water partition coefficient (Wildman–Crippen LogP) is 1.93. The van der Waals surface area contributed by atoms with Gasteiger partial charge in [0.1, 0.15) is 0 Å². The lowest BCUT2D eigenvalue weighted by molar-refractivity contribution is -0.121. The van der Waals surface area contributed by atoms with Crippen molar-refractivity contribution in [1.29, 1.82) is 0 Å². The van der Waals surface area contributed by atoms with E-state index in [9.17, 15) is 9.59 Å². The first kappa shape index (κ1) is 20.5. The number of H-pyrrole nitrogens is 2. The quantitative estimate of drug-likeness (QED) is 0.615. The molecule has 3 rings (SSSR count). The average molecular weight is 382 g/mol. The van der Waals surface area contributed by atoms with Gasteiger partial charge < -0.3 is 20.6 Å². The molecule has 1 aromatic carbocycles. The maximum absolute atomic E-state index is 12.6. The monoisotopic (exact) mass is 381 g/mol. The number of amides is 1. The van der Waals surface area contributed by atoms with E-state index in [-0.39, 0.29) is 30.0 Å². The van der Waals surface area contributed by atoms with Crippen molar-refractivity contribution in [1.82, 2.24) is 20.2 Å². The number of hydrogen-bond acceptors (Lipinski definition) is 4. The topological polar surface area (TPSA) is 93.0 Å². The van der Waals surface area contributed by atoms with Crippen LogP contribution in [0.3, 0.4) is 0 Å². The molecule has 1 atom stereocenters. The van der Waals surface area contributed by atoms with Gasteiger partial charge in [-0.25, -0.2) is 4.79 Å². The Kier molecular flexibility index (Phi) is 7.25. The molecule has 4 N–H and O–H groups in total. The molecular weight excluding hydrogens is 354 g/mol. The minimum absolute atomic E-state index is 0. The van der Waals surface area contributed by atoms with Gasteiger partial charge in [-0.2, -0.15) is 0 Å². The van der Waals surface area contributed by atoms with Crippen molar-refractivity contribution >= 4 is 35.0 Å². The first-order chi connectivity index (χ1) is 12.1. The number of aromatic amines is 2. The van der Waals surface area contributed by atoms with Gasteiger partial charge in [0.25, 0.3) is 0 Å². The summed E-state index contributed by atoms with van der Waals surface area (Å²) >= 11 is 0. The number of likely N-dealkylation sites (tertiary alicyclic amines) is 1. The smallest absolute Gasteiger partial charge is 0.323 e. The summed E-state index contributed by atoms with van der Waals surface area (Å²) in [5.41, 5.74) is 1.89. The van der Waals surface area contributed by atoms with E-state index in [1.807, 2.05) is 14.0 Å². The molecule has 0 spiro atoms. The number of piperidine rings is 1. The number of fused-ring (bicyclic) bond motifs is 1. The first-order valence-electron chi connectivity index (χ1n) is 8.98. The second kappa shape index (κ2) is 9.21. The van der Waals surface area contributed by atoms with Crippen molar-refractivity contribution in [2.75, 3.05) is 32.0 Å². The summed E-state index contributed by atoms with van der Waals surface area (Å²) in [5, 5.41) is 6.17. The van der Waals surface area contributed by atoms with Crippen molar-refractivity contribution < 1.29 is 4.79 Å². The highest BCUT2D eigenvalue weighted by Crippen LogP contribution is 2.22. The molecule has 2 heterocycles. The number of rotatable bonds is 6. The summed E-state index contributed by atoms with van der Waals surface area (Å²) in [6.45, 7) is 4.95. The van der Waals surface area contributed by atoms with Crippen LogP contribution in [0.5, 0.6) is 0 Å². The lowest BCUT2D eigenvalue weighted by Crippen LogP contribution is -2.46. The number of carbonyl (C=O) groups excluding carboxylic acids is 1. The summed E-state index contributed by atoms with van der Waals surface area (Å²) in [7, 11) is 1.99. The number of nitrogens with one attached hydrogen (secondary N) is 4. The summed E-state index contributed by atoms with van der Waals surface area (Å²) < 4.78 is 0. The van der Waals surface area contributed by atoms with E-state index in [0.717, 1.165) is 43.9 Å². The Bertz CT molecular complexity index is 779. The third-order valence-electron chi connectivity index (χ3n) is 5.16. The second-order valence-corrected chi connectivity index (χ2v) is 6.88. The second-order valence-electron chi connectivity index (χ2n) is 6.88. The molecule has 1 saturated heterocycles. The van der Waals surface area contributed by atoms with Gasteiger partial charge in [0.2, 0.25) is 5.91 Å². The van der Waals surface area contributed by atoms with Crippen LogP contribution in [-0.4, -0.2) is 53.5 Å². The zero-order valence-corrected chi connectivity index (χ0v) is 16.1. The van der Waals surface area contributed by atoms with Crippen LogP contribution in [0.1, 0.15) is 26.2 Å². The number of benzene rings is 1. The Morgan fingerprint density at radius 2 is 1.96 bits per heavy atom. The van der Waals surface area contributed by atoms with Crippen molar-refractivity contribution in [3.8, 4) is 0 Å². The summed E-state index contributed by atoms with van der Waals surface area (Å²) in [6, 6.07) is 5.22. The van der Waals surface area contributed by atoms with Gasteiger partial charge in [0, 0.05) is 5.69 Å². The van der Waals surface area contributed by atoms with Crippen LogP contribution in [0, 0.1) is 5.92 Å². The zero-order chi connectivity index (χ0) is 17.8. The van der Waals surface area contributed by atoms with Crippen molar-refractivity contribution in [2.45, 2.75) is 32.2 Å². The minimum Gasteiger partial charge on any atom is -0.325 e. The molecular formula is C18H28ClN5O2. The highest BCUT2D eigenvalue weighted by Gasteiger charge is 2.26. The number of nitrogens with zero attached hydrogens (tertiary/aromatic N) is 1. The highest BCUT2D eigenvalue weighted by atomic mass is 35.5. The Morgan fingerprint density at radius 1 is 1.27 bits per heavy atom. The third kappa shape index (κ3) is 4.87. The number of halogens is 1. The molecule has 1 amide bonds. The third-order valence-corrected chi connectivity index (χ3v) is 5.16. The molecule has 2 aromatic rings. The standard InChI is InChI=1S/C18H27N5O2.ClH/c1-12(23-9-6-13(7-10-23)5-8-19-2)17(24)20-14-3-4-15-16(11-14)22-18(25)21-15;/h3-4,11-13,19H,5-10H2,1-2H3,(H,20,24)(H2,21,22,25);1H. The van der Waals surface area contributed by atoms with Crippen molar-refractivity contribution in [3.05, 3.63) is 28.7 Å². The lowest BCUT2D eigenvalue weighted by atomic mass is 9.93. The minimum atomic E-state index is -0.243. The fraction of sp³-hybridized carbons (Fsp3) is 0.556. The normalized spacial score (nSPS) is 17.0. The van der Waals surface area contributed by atoms with Crippen molar-refractivity contribution in [3.63, 3.8) is 0 Å². The van der Waals surface area contributed by atoms with Gasteiger partial charge in [-0.15, -0.1) is 12.4 Å². The number of imidazole rings is 1.